The van der Waals surface area contributed by atoms with Gasteiger partial charge in [0.2, 0.25) is 0 Å². The number of esters is 1. The molecule has 3 rings (SSSR count). The summed E-state index contributed by atoms with van der Waals surface area (Å²) in [4.78, 5) is 16.1. The third-order valence-electron chi connectivity index (χ3n) is 3.66. The average Bonchev–Trinajstić information content (AvgIpc) is 3.27. The zero-order valence-electron chi connectivity index (χ0n) is 14.0. The number of ether oxygens (including phenoxy) is 1. The fourth-order valence-electron chi connectivity index (χ4n) is 2.44. The molecule has 0 amide bonds. The summed E-state index contributed by atoms with van der Waals surface area (Å²) in [6.07, 6.45) is 0.799. The molecule has 0 aliphatic heterocycles. The van der Waals surface area contributed by atoms with Gasteiger partial charge in [-0.15, -0.1) is 11.3 Å². The topological polar surface area (TPSA) is 65.2 Å². The van der Waals surface area contributed by atoms with Crippen molar-refractivity contribution in [3.05, 3.63) is 46.9 Å². The molecule has 5 nitrogen and oxygen atoms in total. The van der Waals surface area contributed by atoms with E-state index in [0.29, 0.717) is 29.8 Å². The van der Waals surface area contributed by atoms with Crippen LogP contribution in [0.3, 0.4) is 0 Å². The predicted molar refractivity (Wildman–Crippen MR) is 101 cm³/mol. The van der Waals surface area contributed by atoms with Gasteiger partial charge in [0.25, 0.3) is 0 Å². The summed E-state index contributed by atoms with van der Waals surface area (Å²) in [7, 11) is 0. The van der Waals surface area contributed by atoms with E-state index in [1.54, 1.807) is 19.1 Å². The lowest BCUT2D eigenvalue weighted by molar-refractivity contribution is -0.143. The van der Waals surface area contributed by atoms with Gasteiger partial charge in [-0.05, 0) is 31.2 Å². The molecule has 0 atom stereocenters. The Labute approximate surface area is 162 Å². The third-order valence-corrected chi connectivity index (χ3v) is 5.08. The van der Waals surface area contributed by atoms with E-state index in [1.165, 1.54) is 23.5 Å². The molecule has 2 aromatic heterocycles. The van der Waals surface area contributed by atoms with Gasteiger partial charge in [-0.1, -0.05) is 21.1 Å². The van der Waals surface area contributed by atoms with Crippen molar-refractivity contribution < 1.29 is 18.4 Å². The molecule has 26 heavy (non-hydrogen) atoms. The summed E-state index contributed by atoms with van der Waals surface area (Å²) in [6, 6.07) is 6.08. The van der Waals surface area contributed by atoms with Gasteiger partial charge in [-0.25, -0.2) is 9.37 Å². The fourth-order valence-corrected chi connectivity index (χ4v) is 3.74. The quantitative estimate of drug-likeness (QED) is 0.383. The Bertz CT molecular complexity index is 892. The second-order valence-electron chi connectivity index (χ2n) is 5.42. The molecule has 0 radical (unpaired) electrons. The van der Waals surface area contributed by atoms with Crippen LogP contribution in [-0.2, 0) is 21.3 Å². The van der Waals surface area contributed by atoms with Crippen molar-refractivity contribution in [2.45, 2.75) is 25.1 Å². The molecule has 3 aromatic rings. The zero-order chi connectivity index (χ0) is 18.5. The van der Waals surface area contributed by atoms with Gasteiger partial charge in [0.1, 0.15) is 16.5 Å². The van der Waals surface area contributed by atoms with Crippen LogP contribution in [-0.4, -0.2) is 22.7 Å². The van der Waals surface area contributed by atoms with Gasteiger partial charge in [0.15, 0.2) is 5.76 Å². The van der Waals surface area contributed by atoms with Gasteiger partial charge >= 0.3 is 5.97 Å². The van der Waals surface area contributed by atoms with Crippen LogP contribution in [0.25, 0.3) is 21.8 Å². The summed E-state index contributed by atoms with van der Waals surface area (Å²) >= 11 is 4.85. The summed E-state index contributed by atoms with van der Waals surface area (Å²) in [5.74, 6) is 0.103. The van der Waals surface area contributed by atoms with Crippen molar-refractivity contribution in [2.24, 2.45) is 0 Å². The van der Waals surface area contributed by atoms with Crippen molar-refractivity contribution in [2.75, 3.05) is 6.61 Å². The smallest absolute Gasteiger partial charge is 0.306 e. The number of alkyl halides is 1. The molecule has 0 aliphatic carbocycles. The molecule has 0 spiro atoms. The second kappa shape index (κ2) is 8.55. The Morgan fingerprint density at radius 3 is 2.81 bits per heavy atom. The van der Waals surface area contributed by atoms with E-state index < -0.39 is 0 Å². The van der Waals surface area contributed by atoms with Crippen molar-refractivity contribution >= 4 is 33.2 Å². The Balaban J connectivity index is 1.88. The Morgan fingerprint density at radius 1 is 1.35 bits per heavy atom. The van der Waals surface area contributed by atoms with Gasteiger partial charge < -0.3 is 9.26 Å². The number of hydrogen-bond acceptors (Lipinski definition) is 6. The van der Waals surface area contributed by atoms with Gasteiger partial charge in [-0.2, -0.15) is 0 Å². The molecule has 0 saturated carbocycles. The van der Waals surface area contributed by atoms with Crippen LogP contribution in [0, 0.1) is 5.82 Å². The van der Waals surface area contributed by atoms with E-state index in [1.807, 2.05) is 5.38 Å². The Kier molecular flexibility index (Phi) is 6.16. The molecule has 0 unspecified atom stereocenters. The monoisotopic (exact) mass is 438 g/mol. The number of carbonyl (C=O) groups is 1. The van der Waals surface area contributed by atoms with Gasteiger partial charge in [0, 0.05) is 17.4 Å². The lowest BCUT2D eigenvalue weighted by Crippen LogP contribution is -2.05. The molecule has 0 saturated heterocycles. The molecule has 0 bridgehead atoms. The van der Waals surface area contributed by atoms with Crippen molar-refractivity contribution in [3.8, 4) is 21.8 Å². The highest BCUT2D eigenvalue weighted by Crippen LogP contribution is 2.37. The highest BCUT2D eigenvalue weighted by Gasteiger charge is 2.21. The lowest BCUT2D eigenvalue weighted by Gasteiger charge is -2.01. The van der Waals surface area contributed by atoms with Crippen LogP contribution >= 0.6 is 27.3 Å². The summed E-state index contributed by atoms with van der Waals surface area (Å²) in [5, 5.41) is 7.28. The molecule has 2 heterocycles. The number of aromatic nitrogens is 2. The van der Waals surface area contributed by atoms with Crippen LogP contribution < -0.4 is 0 Å². The first-order chi connectivity index (χ1) is 12.6. The molecule has 136 valence electrons. The fraction of sp³-hybridized carbons (Fsp3) is 0.278. The number of carbonyl (C=O) groups excluding carboxylic acids is 1. The maximum atomic E-state index is 13.2. The minimum atomic E-state index is -0.310. The van der Waals surface area contributed by atoms with Crippen molar-refractivity contribution in [3.63, 3.8) is 0 Å². The minimum absolute atomic E-state index is 0.236. The van der Waals surface area contributed by atoms with E-state index in [0.717, 1.165) is 21.8 Å². The van der Waals surface area contributed by atoms with Gasteiger partial charge in [-0.3, -0.25) is 4.79 Å². The lowest BCUT2D eigenvalue weighted by atomic mass is 10.1. The zero-order valence-corrected chi connectivity index (χ0v) is 16.4. The average molecular weight is 439 g/mol. The molecule has 8 heteroatoms. The summed E-state index contributed by atoms with van der Waals surface area (Å²) in [5.41, 5.74) is 2.96. The third kappa shape index (κ3) is 4.19. The second-order valence-corrected chi connectivity index (χ2v) is 6.84. The van der Waals surface area contributed by atoms with E-state index in [-0.39, 0.29) is 18.2 Å². The normalized spacial score (nSPS) is 10.9. The van der Waals surface area contributed by atoms with Crippen LogP contribution in [0.4, 0.5) is 4.39 Å². The summed E-state index contributed by atoms with van der Waals surface area (Å²) < 4.78 is 23.6. The first-order valence-corrected chi connectivity index (χ1v) is 10.0. The molecule has 0 fully saturated rings. The van der Waals surface area contributed by atoms with E-state index >= 15 is 0 Å². The first-order valence-electron chi connectivity index (χ1n) is 8.03. The highest BCUT2D eigenvalue weighted by atomic mass is 79.9. The van der Waals surface area contributed by atoms with E-state index in [4.69, 9.17) is 9.26 Å². The molecule has 0 aliphatic rings. The van der Waals surface area contributed by atoms with Crippen LogP contribution in [0.5, 0.6) is 0 Å². The van der Waals surface area contributed by atoms with Crippen molar-refractivity contribution in [1.82, 2.24) is 10.1 Å². The number of halogens is 2. The number of thiazole rings is 1. The molecule has 0 N–H and O–H groups in total. The standard InChI is InChI=1S/C18H16BrFN2O3S/c1-2-24-15(23)8-7-13-10-26-18(21-13)16-14(9-19)25-22-17(16)11-3-5-12(20)6-4-11/h3-6,10H,2,7-9H2,1H3. The van der Waals surface area contributed by atoms with Crippen molar-refractivity contribution in [1.29, 1.82) is 0 Å². The van der Waals surface area contributed by atoms with Crippen LogP contribution in [0.1, 0.15) is 24.8 Å². The summed E-state index contributed by atoms with van der Waals surface area (Å²) in [6.45, 7) is 2.15. The van der Waals surface area contributed by atoms with Crippen LogP contribution in [0.2, 0.25) is 0 Å². The highest BCUT2D eigenvalue weighted by molar-refractivity contribution is 9.08. The maximum Gasteiger partial charge on any atom is 0.306 e. The maximum absolute atomic E-state index is 13.2. The van der Waals surface area contributed by atoms with Gasteiger partial charge in [0.05, 0.1) is 29.6 Å². The predicted octanol–water partition coefficient (Wildman–Crippen LogP) is 4.99. The first kappa shape index (κ1) is 18.7. The van der Waals surface area contributed by atoms with Crippen LogP contribution in [0.15, 0.2) is 34.2 Å². The number of aryl methyl sites for hydroxylation is 1. The molecular weight excluding hydrogens is 423 g/mol. The largest absolute Gasteiger partial charge is 0.466 e. The molecule has 1 aromatic carbocycles. The number of rotatable bonds is 7. The Morgan fingerprint density at radius 2 is 2.12 bits per heavy atom. The van der Waals surface area contributed by atoms with E-state index in [9.17, 15) is 9.18 Å². The Hall–Kier alpha value is -2.06. The van der Waals surface area contributed by atoms with E-state index in [2.05, 4.69) is 26.1 Å². The number of hydrogen-bond donors (Lipinski definition) is 0. The molecular formula is C18H16BrFN2O3S. The SMILES string of the molecule is CCOC(=O)CCc1csc(-c2c(-c3ccc(F)cc3)noc2CBr)n1. The number of benzene rings is 1. The number of nitrogens with zero attached hydrogens (tertiary/aromatic N) is 2. The minimum Gasteiger partial charge on any atom is -0.466 e.